The fourth-order valence-electron chi connectivity index (χ4n) is 3.18. The lowest BCUT2D eigenvalue weighted by molar-refractivity contribution is -0.142. The number of carboxylic acids is 1. The quantitative estimate of drug-likeness (QED) is 0.503. The molecule has 0 bridgehead atoms. The Morgan fingerprint density at radius 3 is 2.31 bits per heavy atom. The van der Waals surface area contributed by atoms with Gasteiger partial charge in [-0.05, 0) is 48.9 Å². The lowest BCUT2D eigenvalue weighted by atomic mass is 10.1. The Balaban J connectivity index is 1.59. The van der Waals surface area contributed by atoms with Gasteiger partial charge in [-0.2, -0.15) is 0 Å². The molecule has 1 N–H and O–H groups in total. The van der Waals surface area contributed by atoms with Crippen molar-refractivity contribution in [3.05, 3.63) is 71.8 Å². The molecule has 0 saturated carbocycles. The number of carbonyl (C=O) groups excluding carboxylic acids is 1. The molecule has 1 heterocycles. The highest BCUT2D eigenvalue weighted by atomic mass is 16.7. The molecule has 8 heteroatoms. The predicted octanol–water partition coefficient (Wildman–Crippen LogP) is 4.80. The summed E-state index contributed by atoms with van der Waals surface area (Å²) in [4.78, 5) is 23.8. The molecule has 0 radical (unpaired) electrons. The number of hydrogen-bond acceptors (Lipinski definition) is 7. The molecule has 0 saturated heterocycles. The highest BCUT2D eigenvalue weighted by molar-refractivity contribution is 5.94. The molecule has 0 aromatic heterocycles. The smallest absolute Gasteiger partial charge is 0.343 e. The van der Waals surface area contributed by atoms with Crippen LogP contribution in [-0.4, -0.2) is 30.4 Å². The molecule has 0 atom stereocenters. The van der Waals surface area contributed by atoms with Gasteiger partial charge in [0.25, 0.3) is 0 Å². The van der Waals surface area contributed by atoms with Crippen molar-refractivity contribution >= 4 is 11.9 Å². The van der Waals surface area contributed by atoms with E-state index in [0.29, 0.717) is 35.2 Å². The standard InChI is InChI=1S/C24H20O8/c1-2-28-22(25)12-15-5-3-6-16(11-15)31-19-7-4-8-20(23(19)24(26)27)32-17-9-10-18-21(13-17)30-14-29-18/h3-11,13H,2,12,14H2,1H3,(H,26,27). The monoisotopic (exact) mass is 436 g/mol. The normalized spacial score (nSPS) is 11.7. The SMILES string of the molecule is CCOC(=O)Cc1cccc(Oc2cccc(Oc3ccc4c(c3)OCO4)c2C(=O)O)c1. The molecule has 0 spiro atoms. The summed E-state index contributed by atoms with van der Waals surface area (Å²) in [7, 11) is 0. The number of carboxylic acid groups (broad SMARTS) is 1. The molecule has 1 aliphatic heterocycles. The van der Waals surface area contributed by atoms with Gasteiger partial charge >= 0.3 is 11.9 Å². The van der Waals surface area contributed by atoms with Gasteiger partial charge in [-0.25, -0.2) is 4.79 Å². The van der Waals surface area contributed by atoms with E-state index in [-0.39, 0.29) is 36.2 Å². The van der Waals surface area contributed by atoms with Crippen molar-refractivity contribution in [2.75, 3.05) is 13.4 Å². The highest BCUT2D eigenvalue weighted by Crippen LogP contribution is 2.39. The van der Waals surface area contributed by atoms with E-state index >= 15 is 0 Å². The van der Waals surface area contributed by atoms with Gasteiger partial charge in [0.05, 0.1) is 13.0 Å². The maximum absolute atomic E-state index is 12.0. The number of esters is 1. The van der Waals surface area contributed by atoms with Crippen molar-refractivity contribution in [1.29, 1.82) is 0 Å². The van der Waals surface area contributed by atoms with E-state index in [9.17, 15) is 14.7 Å². The van der Waals surface area contributed by atoms with Crippen molar-refractivity contribution in [3.8, 4) is 34.5 Å². The van der Waals surface area contributed by atoms with Gasteiger partial charge < -0.3 is 28.8 Å². The average molecular weight is 436 g/mol. The zero-order valence-corrected chi connectivity index (χ0v) is 17.2. The topological polar surface area (TPSA) is 101 Å². The molecule has 0 fully saturated rings. The number of carbonyl (C=O) groups is 2. The molecule has 4 rings (SSSR count). The maximum Gasteiger partial charge on any atom is 0.343 e. The van der Waals surface area contributed by atoms with Crippen LogP contribution in [0, 0.1) is 0 Å². The molecule has 3 aromatic carbocycles. The fourth-order valence-corrected chi connectivity index (χ4v) is 3.18. The minimum absolute atomic E-state index is 0.0874. The van der Waals surface area contributed by atoms with Crippen LogP contribution in [0.15, 0.2) is 60.7 Å². The summed E-state index contributed by atoms with van der Waals surface area (Å²) < 4.78 is 27.2. The molecule has 8 nitrogen and oxygen atoms in total. The van der Waals surface area contributed by atoms with E-state index in [1.165, 1.54) is 12.1 Å². The summed E-state index contributed by atoms with van der Waals surface area (Å²) in [6, 6.07) is 16.5. The zero-order chi connectivity index (χ0) is 22.5. The molecular weight excluding hydrogens is 416 g/mol. The number of benzene rings is 3. The molecule has 0 unspecified atom stereocenters. The third-order valence-electron chi connectivity index (χ3n) is 4.55. The second kappa shape index (κ2) is 9.30. The van der Waals surface area contributed by atoms with Crippen LogP contribution in [0.25, 0.3) is 0 Å². The van der Waals surface area contributed by atoms with Gasteiger partial charge in [-0.3, -0.25) is 4.79 Å². The first-order valence-electron chi connectivity index (χ1n) is 9.89. The summed E-state index contributed by atoms with van der Waals surface area (Å²) in [5.41, 5.74) is 0.548. The number of hydrogen-bond donors (Lipinski definition) is 1. The molecule has 0 aliphatic carbocycles. The van der Waals surface area contributed by atoms with Gasteiger partial charge in [-0.1, -0.05) is 18.2 Å². The molecule has 1 aliphatic rings. The van der Waals surface area contributed by atoms with Crippen molar-refractivity contribution in [2.45, 2.75) is 13.3 Å². The fraction of sp³-hybridized carbons (Fsp3) is 0.167. The summed E-state index contributed by atoms with van der Waals surface area (Å²) in [6.45, 7) is 2.16. The van der Waals surface area contributed by atoms with E-state index in [1.54, 1.807) is 55.5 Å². The summed E-state index contributed by atoms with van der Waals surface area (Å²) in [5, 5.41) is 9.82. The minimum atomic E-state index is -1.21. The number of ether oxygens (including phenoxy) is 5. The van der Waals surface area contributed by atoms with Crippen LogP contribution >= 0.6 is 0 Å². The molecule has 164 valence electrons. The number of aromatic carboxylic acids is 1. The second-order valence-electron chi connectivity index (χ2n) is 6.78. The highest BCUT2D eigenvalue weighted by Gasteiger charge is 2.21. The van der Waals surface area contributed by atoms with Crippen LogP contribution < -0.4 is 18.9 Å². The Hall–Kier alpha value is -4.20. The van der Waals surface area contributed by atoms with Crippen molar-refractivity contribution in [3.63, 3.8) is 0 Å². The maximum atomic E-state index is 12.0. The largest absolute Gasteiger partial charge is 0.477 e. The summed E-state index contributed by atoms with van der Waals surface area (Å²) in [6.07, 6.45) is 0.0874. The first-order valence-corrected chi connectivity index (χ1v) is 9.89. The van der Waals surface area contributed by atoms with Crippen molar-refractivity contribution < 1.29 is 38.4 Å². The van der Waals surface area contributed by atoms with E-state index < -0.39 is 5.97 Å². The first kappa shape index (κ1) is 21.0. The van der Waals surface area contributed by atoms with Gasteiger partial charge in [-0.15, -0.1) is 0 Å². The van der Waals surface area contributed by atoms with Crippen molar-refractivity contribution in [2.24, 2.45) is 0 Å². The lowest BCUT2D eigenvalue weighted by Crippen LogP contribution is -2.07. The number of fused-ring (bicyclic) bond motifs is 1. The zero-order valence-electron chi connectivity index (χ0n) is 17.2. The molecular formula is C24H20O8. The minimum Gasteiger partial charge on any atom is -0.477 e. The summed E-state index contributed by atoms with van der Waals surface area (Å²) in [5.74, 6) is 0.537. The molecule has 0 amide bonds. The van der Waals surface area contributed by atoms with Crippen LogP contribution in [0.4, 0.5) is 0 Å². The van der Waals surface area contributed by atoms with Crippen LogP contribution in [0.3, 0.4) is 0 Å². The van der Waals surface area contributed by atoms with Crippen LogP contribution in [0.5, 0.6) is 34.5 Å². The van der Waals surface area contributed by atoms with Crippen molar-refractivity contribution in [1.82, 2.24) is 0 Å². The van der Waals surface area contributed by atoms with Crippen LogP contribution in [-0.2, 0) is 16.0 Å². The van der Waals surface area contributed by atoms with Gasteiger partial charge in [0, 0.05) is 6.07 Å². The number of rotatable bonds is 8. The lowest BCUT2D eigenvalue weighted by Gasteiger charge is -2.14. The van der Waals surface area contributed by atoms with E-state index in [2.05, 4.69) is 0 Å². The van der Waals surface area contributed by atoms with E-state index in [4.69, 9.17) is 23.7 Å². The molecule has 32 heavy (non-hydrogen) atoms. The van der Waals surface area contributed by atoms with Gasteiger partial charge in [0.15, 0.2) is 11.5 Å². The van der Waals surface area contributed by atoms with Gasteiger partial charge in [0.1, 0.15) is 28.6 Å². The Morgan fingerprint density at radius 2 is 1.59 bits per heavy atom. The Bertz CT molecular complexity index is 1150. The van der Waals surface area contributed by atoms with E-state index in [0.717, 1.165) is 0 Å². The molecule has 3 aromatic rings. The first-order chi connectivity index (χ1) is 15.5. The van der Waals surface area contributed by atoms with Crippen LogP contribution in [0.2, 0.25) is 0 Å². The third-order valence-corrected chi connectivity index (χ3v) is 4.55. The third kappa shape index (κ3) is 4.75. The van der Waals surface area contributed by atoms with E-state index in [1.807, 2.05) is 0 Å². The predicted molar refractivity (Wildman–Crippen MR) is 113 cm³/mol. The van der Waals surface area contributed by atoms with Gasteiger partial charge in [0.2, 0.25) is 6.79 Å². The Morgan fingerprint density at radius 1 is 0.906 bits per heavy atom. The average Bonchev–Trinajstić information content (AvgIpc) is 3.22. The Labute approximate surface area is 183 Å². The summed E-state index contributed by atoms with van der Waals surface area (Å²) >= 11 is 0. The second-order valence-corrected chi connectivity index (χ2v) is 6.78. The van der Waals surface area contributed by atoms with Crippen LogP contribution in [0.1, 0.15) is 22.8 Å². The Kier molecular flexibility index (Phi) is 6.12.